The van der Waals surface area contributed by atoms with E-state index < -0.39 is 0 Å². The molecule has 0 unspecified atom stereocenters. The highest BCUT2D eigenvalue weighted by molar-refractivity contribution is 7.19. The van der Waals surface area contributed by atoms with E-state index in [-0.39, 0.29) is 0 Å². The lowest BCUT2D eigenvalue weighted by molar-refractivity contribution is -0.642. The monoisotopic (exact) mass is 486 g/mol. The van der Waals surface area contributed by atoms with Gasteiger partial charge in [-0.25, -0.2) is 0 Å². The van der Waals surface area contributed by atoms with Gasteiger partial charge in [-0.1, -0.05) is 46.9 Å². The minimum absolute atomic E-state index is 0.807. The topological polar surface area (TPSA) is 26.2 Å². The van der Waals surface area contributed by atoms with Crippen LogP contribution in [0.1, 0.15) is 21.1 Å². The van der Waals surface area contributed by atoms with Crippen LogP contribution in [0.15, 0.2) is 60.7 Å². The Balaban J connectivity index is 1.49. The average molecular weight is 487 g/mol. The largest absolute Gasteiger partial charge is 0.496 e. The number of fused-ring (bicyclic) bond motifs is 2. The molecule has 5 aromatic rings. The minimum atomic E-state index is 0.807. The predicted octanol–water partition coefficient (Wildman–Crippen LogP) is 6.12. The first-order valence-corrected chi connectivity index (χ1v) is 12.6. The Bertz CT molecular complexity index is 1440. The molecular formula is C28H26N2O2S2+2. The summed E-state index contributed by atoms with van der Waals surface area (Å²) in [5, 5.41) is 2.34. The van der Waals surface area contributed by atoms with Crippen molar-refractivity contribution in [3.05, 3.63) is 81.8 Å². The molecular weight excluding hydrogens is 460 g/mol. The molecule has 0 amide bonds. The number of para-hydroxylation sites is 2. The number of ether oxygens (including phenoxy) is 2. The molecule has 0 fully saturated rings. The van der Waals surface area contributed by atoms with Crippen molar-refractivity contribution >= 4 is 67.4 Å². The van der Waals surface area contributed by atoms with Gasteiger partial charge >= 0.3 is 0 Å². The Hall–Kier alpha value is -3.48. The van der Waals surface area contributed by atoms with E-state index in [4.69, 9.17) is 9.47 Å². The van der Waals surface area contributed by atoms with Crippen LogP contribution in [0.5, 0.6) is 11.5 Å². The summed E-state index contributed by atoms with van der Waals surface area (Å²) in [5.41, 5.74) is 4.40. The van der Waals surface area contributed by atoms with Gasteiger partial charge in [0.05, 0.1) is 14.2 Å². The number of rotatable bonds is 6. The zero-order valence-electron chi connectivity index (χ0n) is 19.6. The van der Waals surface area contributed by atoms with Crippen LogP contribution < -0.4 is 18.6 Å². The van der Waals surface area contributed by atoms with Gasteiger partial charge in [-0.05, 0) is 36.4 Å². The molecule has 4 nitrogen and oxygen atoms in total. The minimum Gasteiger partial charge on any atom is -0.496 e. The number of nitrogens with zero attached hydrogens (tertiary/aromatic N) is 2. The normalized spacial score (nSPS) is 11.9. The second-order valence-corrected chi connectivity index (χ2v) is 10.1. The third-order valence-electron chi connectivity index (χ3n) is 5.94. The van der Waals surface area contributed by atoms with Gasteiger partial charge in [-0.15, -0.1) is 0 Å². The summed E-state index contributed by atoms with van der Waals surface area (Å²) in [6, 6.07) is 21.0. The van der Waals surface area contributed by atoms with Crippen LogP contribution in [0.25, 0.3) is 44.7 Å². The second-order valence-electron chi connectivity index (χ2n) is 7.94. The van der Waals surface area contributed by atoms with Crippen molar-refractivity contribution in [2.45, 2.75) is 0 Å². The highest BCUT2D eigenvalue weighted by Crippen LogP contribution is 2.32. The van der Waals surface area contributed by atoms with E-state index in [0.717, 1.165) is 22.6 Å². The summed E-state index contributed by atoms with van der Waals surface area (Å²) in [5.74, 6) is 1.61. The third kappa shape index (κ3) is 4.11. The van der Waals surface area contributed by atoms with E-state index in [9.17, 15) is 0 Å². The summed E-state index contributed by atoms with van der Waals surface area (Å²) < 4.78 is 18.4. The smallest absolute Gasteiger partial charge is 0.262 e. The maximum atomic E-state index is 5.74. The molecule has 0 aliphatic heterocycles. The molecule has 0 spiro atoms. The van der Waals surface area contributed by atoms with Crippen molar-refractivity contribution in [2.75, 3.05) is 14.2 Å². The van der Waals surface area contributed by atoms with Crippen LogP contribution in [-0.2, 0) is 14.1 Å². The summed E-state index contributed by atoms with van der Waals surface area (Å²) in [7, 11) is 7.60. The highest BCUT2D eigenvalue weighted by atomic mass is 32.1. The molecule has 0 saturated carbocycles. The van der Waals surface area contributed by atoms with E-state index >= 15 is 0 Å². The number of aryl methyl sites for hydroxylation is 2. The first-order chi connectivity index (χ1) is 16.6. The zero-order valence-corrected chi connectivity index (χ0v) is 21.2. The van der Waals surface area contributed by atoms with E-state index in [0.29, 0.717) is 0 Å². The Morgan fingerprint density at radius 2 is 1.03 bits per heavy atom. The Kier molecular flexibility index (Phi) is 6.18. The van der Waals surface area contributed by atoms with Gasteiger partial charge < -0.3 is 9.47 Å². The second kappa shape index (κ2) is 9.41. The summed E-state index contributed by atoms with van der Waals surface area (Å²) in [6.45, 7) is 0. The lowest BCUT2D eigenvalue weighted by Gasteiger charge is -2.11. The fourth-order valence-electron chi connectivity index (χ4n) is 4.06. The van der Waals surface area contributed by atoms with Gasteiger partial charge in [0, 0.05) is 35.4 Å². The molecule has 2 aromatic heterocycles. The van der Waals surface area contributed by atoms with Gasteiger partial charge in [0.25, 0.3) is 10.0 Å². The Labute approximate surface area is 207 Å². The lowest BCUT2D eigenvalue weighted by Crippen LogP contribution is -2.28. The number of hydrogen-bond donors (Lipinski definition) is 0. The molecule has 5 rings (SSSR count). The van der Waals surface area contributed by atoms with Gasteiger partial charge in [0.15, 0.2) is 0 Å². The fraction of sp³-hybridized carbons (Fsp3) is 0.143. The van der Waals surface area contributed by atoms with Crippen LogP contribution in [0.2, 0.25) is 0 Å². The Morgan fingerprint density at radius 1 is 0.618 bits per heavy atom. The highest BCUT2D eigenvalue weighted by Gasteiger charge is 2.16. The van der Waals surface area contributed by atoms with Crippen molar-refractivity contribution in [1.82, 2.24) is 0 Å². The van der Waals surface area contributed by atoms with Crippen molar-refractivity contribution in [3.63, 3.8) is 0 Å². The van der Waals surface area contributed by atoms with Crippen molar-refractivity contribution in [2.24, 2.45) is 14.1 Å². The first kappa shape index (κ1) is 22.3. The van der Waals surface area contributed by atoms with E-state index in [2.05, 4.69) is 96.1 Å². The number of methoxy groups -OCH3 is 2. The summed E-state index contributed by atoms with van der Waals surface area (Å²) in [4.78, 5) is 0. The van der Waals surface area contributed by atoms with E-state index in [1.54, 1.807) is 36.9 Å². The van der Waals surface area contributed by atoms with E-state index in [1.807, 2.05) is 12.1 Å². The maximum absolute atomic E-state index is 5.74. The number of benzene rings is 3. The molecule has 6 heteroatoms. The number of thiazole rings is 2. The molecule has 0 saturated heterocycles. The van der Waals surface area contributed by atoms with Crippen molar-refractivity contribution in [1.29, 1.82) is 0 Å². The van der Waals surface area contributed by atoms with Gasteiger partial charge in [-0.3, -0.25) is 0 Å². The Morgan fingerprint density at radius 3 is 1.41 bits per heavy atom. The zero-order chi connectivity index (χ0) is 23.7. The lowest BCUT2D eigenvalue weighted by atomic mass is 10.1. The standard InChI is InChI=1S/C28H26N2O2S2/c1-29-21-9-5-7-11-25(21)33-27(29)15-13-19-17-24(32-4)20(18-23(19)31-3)14-16-28-30(2)22-10-6-8-12-26(22)34-28/h5-18H,1-4H3/q+2/b15-13+,16-14+. The van der Waals surface area contributed by atoms with Crippen molar-refractivity contribution < 1.29 is 18.6 Å². The van der Waals surface area contributed by atoms with Crippen LogP contribution in [0.3, 0.4) is 0 Å². The molecule has 0 atom stereocenters. The summed E-state index contributed by atoms with van der Waals surface area (Å²) >= 11 is 3.54. The quantitative estimate of drug-likeness (QED) is 0.270. The van der Waals surface area contributed by atoms with Gasteiger partial charge in [0.2, 0.25) is 11.0 Å². The van der Waals surface area contributed by atoms with Crippen molar-refractivity contribution in [3.8, 4) is 11.5 Å². The fourth-order valence-corrected chi connectivity index (χ4v) is 6.17. The van der Waals surface area contributed by atoms with Crippen LogP contribution in [0.4, 0.5) is 0 Å². The SMILES string of the molecule is COc1cc(/C=C/c2sc3ccccc3[n+]2C)c(OC)cc1/C=C/c1sc2ccccc2[n+]1C. The van der Waals surface area contributed by atoms with Crippen LogP contribution in [0, 0.1) is 0 Å². The van der Waals surface area contributed by atoms with Gasteiger partial charge in [-0.2, -0.15) is 9.13 Å². The van der Waals surface area contributed by atoms with Gasteiger partial charge in [0.1, 0.15) is 35.0 Å². The number of hydrogen-bond acceptors (Lipinski definition) is 4. The molecule has 3 aromatic carbocycles. The molecule has 0 aliphatic rings. The third-order valence-corrected chi connectivity index (χ3v) is 8.30. The molecule has 170 valence electrons. The molecule has 0 radical (unpaired) electrons. The van der Waals surface area contributed by atoms with Crippen LogP contribution >= 0.6 is 22.7 Å². The first-order valence-electron chi connectivity index (χ1n) is 11.0. The predicted molar refractivity (Wildman–Crippen MR) is 143 cm³/mol. The maximum Gasteiger partial charge on any atom is 0.262 e. The molecule has 2 heterocycles. The summed E-state index contributed by atoms with van der Waals surface area (Å²) in [6.07, 6.45) is 8.44. The molecule has 0 aliphatic carbocycles. The molecule has 0 bridgehead atoms. The van der Waals surface area contributed by atoms with Crippen LogP contribution in [-0.4, -0.2) is 14.2 Å². The van der Waals surface area contributed by atoms with E-state index in [1.165, 1.54) is 30.4 Å². The molecule has 0 N–H and O–H groups in total. The molecule has 34 heavy (non-hydrogen) atoms. The number of aromatic nitrogens is 2. The average Bonchev–Trinajstić information content (AvgIpc) is 3.37.